The van der Waals surface area contributed by atoms with Crippen molar-refractivity contribution < 1.29 is 14.3 Å². The molecule has 234 valence electrons. The van der Waals surface area contributed by atoms with Crippen molar-refractivity contribution >= 4 is 35.9 Å². The minimum absolute atomic E-state index is 0.0902. The number of carbonyl (C=O) groups is 1. The number of methoxy groups -OCH3 is 1. The molecule has 44 heavy (non-hydrogen) atoms. The van der Waals surface area contributed by atoms with E-state index in [2.05, 4.69) is 84.6 Å². The van der Waals surface area contributed by atoms with Crippen LogP contribution in [0.25, 0.3) is 0 Å². The minimum atomic E-state index is -1.02. The van der Waals surface area contributed by atoms with Crippen LogP contribution in [0.4, 0.5) is 4.79 Å². The smallest absolute Gasteiger partial charge is 0.438 e. The van der Waals surface area contributed by atoms with Crippen LogP contribution >= 0.6 is 23.4 Å². The summed E-state index contributed by atoms with van der Waals surface area (Å²) < 4.78 is 11.2. The van der Waals surface area contributed by atoms with E-state index in [-0.39, 0.29) is 6.04 Å². The molecule has 1 aliphatic heterocycles. The van der Waals surface area contributed by atoms with E-state index in [1.165, 1.54) is 23.8 Å². The quantitative estimate of drug-likeness (QED) is 0.187. The fraction of sp³-hybridized carbons (Fsp3) is 0.444. The molecule has 5 rings (SSSR count). The van der Waals surface area contributed by atoms with Crippen LogP contribution in [0.1, 0.15) is 54.8 Å². The second kappa shape index (κ2) is 15.3. The maximum absolute atomic E-state index is 12.7. The summed E-state index contributed by atoms with van der Waals surface area (Å²) >= 11 is 7.95. The van der Waals surface area contributed by atoms with Gasteiger partial charge in [-0.1, -0.05) is 97.2 Å². The third kappa shape index (κ3) is 8.17. The molecule has 3 aromatic carbocycles. The van der Waals surface area contributed by atoms with E-state index in [0.29, 0.717) is 30.2 Å². The number of hydrogen-bond donors (Lipinski definition) is 0. The summed E-state index contributed by atoms with van der Waals surface area (Å²) in [5.74, 6) is 2.44. The summed E-state index contributed by atoms with van der Waals surface area (Å²) in [6, 6.07) is 29.4. The highest BCUT2D eigenvalue weighted by Gasteiger charge is 2.50. The molecule has 1 aliphatic carbocycles. The number of benzene rings is 3. The largest absolute Gasteiger partial charge is 0.510 e. The minimum Gasteiger partial charge on any atom is -0.438 e. The molecule has 0 radical (unpaired) electrons. The third-order valence-corrected chi connectivity index (χ3v) is 10.5. The van der Waals surface area contributed by atoms with Gasteiger partial charge in [0.05, 0.1) is 25.2 Å². The van der Waals surface area contributed by atoms with Crippen LogP contribution in [-0.4, -0.2) is 61.0 Å². The van der Waals surface area contributed by atoms with Gasteiger partial charge in [0.1, 0.15) is 0 Å². The topological polar surface area (TPSA) is 54.4 Å². The Morgan fingerprint density at radius 1 is 0.977 bits per heavy atom. The van der Waals surface area contributed by atoms with Crippen LogP contribution in [0.5, 0.6) is 0 Å². The van der Waals surface area contributed by atoms with Gasteiger partial charge in [0.15, 0.2) is 0 Å². The number of ether oxygens (including phenoxy) is 2. The van der Waals surface area contributed by atoms with Crippen molar-refractivity contribution in [2.45, 2.75) is 62.2 Å². The van der Waals surface area contributed by atoms with Crippen molar-refractivity contribution in [3.8, 4) is 0 Å². The van der Waals surface area contributed by atoms with Crippen LogP contribution in [0.15, 0.2) is 89.9 Å². The standard InChI is InChI=1S/C36H44ClN3O3S/c1-39(2)34(31-18-20-32(37)21-19-31)30-16-14-27(15-17-30)22-33-36(43-35(41)42-3,25-44-24-29-12-8-5-9-13-29)38-26-40(33)23-28-10-6-4-7-11-28/h4-13,18-21,26-27,30,33-34H,14-17,22-25H2,1-3H3. The highest BCUT2D eigenvalue weighted by atomic mass is 35.5. The molecule has 3 aromatic rings. The van der Waals surface area contributed by atoms with E-state index in [9.17, 15) is 4.79 Å². The van der Waals surface area contributed by atoms with Gasteiger partial charge in [-0.25, -0.2) is 9.79 Å². The summed E-state index contributed by atoms with van der Waals surface area (Å²) in [5.41, 5.74) is 2.74. The maximum atomic E-state index is 12.7. The number of halogens is 1. The summed E-state index contributed by atoms with van der Waals surface area (Å²) in [6.07, 6.45) is 6.67. The first-order valence-electron chi connectivity index (χ1n) is 15.5. The highest BCUT2D eigenvalue weighted by molar-refractivity contribution is 7.98. The number of aliphatic imine (C=N–C) groups is 1. The molecule has 0 saturated heterocycles. The fourth-order valence-corrected chi connectivity index (χ4v) is 8.18. The molecule has 8 heteroatoms. The fourth-order valence-electron chi connectivity index (χ4n) is 6.90. The van der Waals surface area contributed by atoms with Crippen molar-refractivity contribution in [1.29, 1.82) is 0 Å². The van der Waals surface area contributed by atoms with Gasteiger partial charge in [-0.3, -0.25) is 0 Å². The predicted molar refractivity (Wildman–Crippen MR) is 181 cm³/mol. The van der Waals surface area contributed by atoms with Gasteiger partial charge in [-0.2, -0.15) is 11.8 Å². The Bertz CT molecular complexity index is 1350. The van der Waals surface area contributed by atoms with Gasteiger partial charge in [-0.05, 0) is 74.0 Å². The third-order valence-electron chi connectivity index (χ3n) is 9.06. The highest BCUT2D eigenvalue weighted by Crippen LogP contribution is 2.44. The van der Waals surface area contributed by atoms with Crippen LogP contribution in [0.2, 0.25) is 5.02 Å². The van der Waals surface area contributed by atoms with Gasteiger partial charge < -0.3 is 19.3 Å². The van der Waals surface area contributed by atoms with Gasteiger partial charge in [0.25, 0.3) is 0 Å². The van der Waals surface area contributed by atoms with Gasteiger partial charge in [-0.15, -0.1) is 0 Å². The average Bonchev–Trinajstić information content (AvgIpc) is 3.35. The molecule has 0 amide bonds. The number of thioether (sulfide) groups is 1. The summed E-state index contributed by atoms with van der Waals surface area (Å²) in [5, 5.41) is 0.772. The molecule has 1 fully saturated rings. The summed E-state index contributed by atoms with van der Waals surface area (Å²) in [6.45, 7) is 0.708. The lowest BCUT2D eigenvalue weighted by Gasteiger charge is -2.41. The molecule has 0 aromatic heterocycles. The van der Waals surface area contributed by atoms with E-state index in [4.69, 9.17) is 26.1 Å². The number of carbonyl (C=O) groups excluding carboxylic acids is 1. The first-order chi connectivity index (χ1) is 21.4. The molecule has 3 unspecified atom stereocenters. The van der Waals surface area contributed by atoms with Crippen molar-refractivity contribution in [2.24, 2.45) is 16.8 Å². The second-order valence-corrected chi connectivity index (χ2v) is 13.7. The van der Waals surface area contributed by atoms with Crippen LogP contribution in [0.3, 0.4) is 0 Å². The van der Waals surface area contributed by atoms with Gasteiger partial charge in [0.2, 0.25) is 5.72 Å². The second-order valence-electron chi connectivity index (χ2n) is 12.3. The van der Waals surface area contributed by atoms with Crippen LogP contribution in [0, 0.1) is 11.8 Å². The monoisotopic (exact) mass is 633 g/mol. The van der Waals surface area contributed by atoms with Crippen molar-refractivity contribution in [2.75, 3.05) is 27.0 Å². The van der Waals surface area contributed by atoms with E-state index in [1.807, 2.05) is 30.6 Å². The molecule has 3 atom stereocenters. The van der Waals surface area contributed by atoms with Crippen LogP contribution in [-0.2, 0) is 21.8 Å². The predicted octanol–water partition coefficient (Wildman–Crippen LogP) is 8.46. The lowest BCUT2D eigenvalue weighted by molar-refractivity contribution is -0.0443. The van der Waals surface area contributed by atoms with E-state index in [0.717, 1.165) is 42.9 Å². The zero-order valence-electron chi connectivity index (χ0n) is 26.0. The Morgan fingerprint density at radius 2 is 1.61 bits per heavy atom. The Hall–Kier alpha value is -3.00. The first kappa shape index (κ1) is 32.4. The summed E-state index contributed by atoms with van der Waals surface area (Å²) in [7, 11) is 5.72. The van der Waals surface area contributed by atoms with Crippen molar-refractivity contribution in [3.05, 3.63) is 107 Å². The van der Waals surface area contributed by atoms with Gasteiger partial charge >= 0.3 is 6.16 Å². The Kier molecular flexibility index (Phi) is 11.3. The number of hydrogen-bond acceptors (Lipinski definition) is 7. The van der Waals surface area contributed by atoms with E-state index in [1.54, 1.807) is 11.8 Å². The average molecular weight is 634 g/mol. The van der Waals surface area contributed by atoms with Crippen LogP contribution < -0.4 is 0 Å². The molecular weight excluding hydrogens is 590 g/mol. The van der Waals surface area contributed by atoms with Crippen molar-refractivity contribution in [1.82, 2.24) is 9.80 Å². The Balaban J connectivity index is 1.33. The Morgan fingerprint density at radius 3 is 2.23 bits per heavy atom. The normalized spacial score (nSPS) is 23.9. The summed E-state index contributed by atoms with van der Waals surface area (Å²) in [4.78, 5) is 22.3. The van der Waals surface area contributed by atoms with Crippen molar-refractivity contribution in [3.63, 3.8) is 0 Å². The molecule has 6 nitrogen and oxygen atoms in total. The maximum Gasteiger partial charge on any atom is 0.510 e. The molecule has 2 aliphatic rings. The lowest BCUT2D eigenvalue weighted by atomic mass is 9.74. The SMILES string of the molecule is COC(=O)OC1(CSCc2ccccc2)N=CN(Cc2ccccc2)C1CC1CCC(C(c2ccc(Cl)cc2)N(C)C)CC1. The number of rotatable bonds is 12. The van der Waals surface area contributed by atoms with E-state index < -0.39 is 11.9 Å². The molecule has 0 spiro atoms. The Labute approximate surface area is 271 Å². The molecule has 0 N–H and O–H groups in total. The number of nitrogens with zero attached hydrogens (tertiary/aromatic N) is 3. The molecule has 1 heterocycles. The van der Waals surface area contributed by atoms with E-state index >= 15 is 0 Å². The van der Waals surface area contributed by atoms with Gasteiger partial charge in [0, 0.05) is 23.4 Å². The molecular formula is C36H44ClN3O3S. The zero-order valence-corrected chi connectivity index (χ0v) is 27.6. The molecule has 1 saturated carbocycles. The molecule has 0 bridgehead atoms. The zero-order chi connectivity index (χ0) is 30.9. The lowest BCUT2D eigenvalue weighted by Crippen LogP contribution is -2.51. The first-order valence-corrected chi connectivity index (χ1v) is 17.1.